The van der Waals surface area contributed by atoms with Gasteiger partial charge in [-0.3, -0.25) is 4.79 Å². The number of hydrogen-bond donors (Lipinski definition) is 1. The van der Waals surface area contributed by atoms with E-state index in [4.69, 9.17) is 0 Å². The van der Waals surface area contributed by atoms with Crippen LogP contribution in [0, 0.1) is 0 Å². The average molecular weight is 328 g/mol. The summed E-state index contributed by atoms with van der Waals surface area (Å²) in [5.41, 5.74) is 3.65. The Labute approximate surface area is 145 Å². The fourth-order valence-electron chi connectivity index (χ4n) is 2.79. The van der Waals surface area contributed by atoms with Gasteiger partial charge in [0.15, 0.2) is 0 Å². The Morgan fingerprint density at radius 1 is 0.920 bits per heavy atom. The van der Waals surface area contributed by atoms with E-state index in [1.807, 2.05) is 48.5 Å². The molecule has 4 rings (SSSR count). The van der Waals surface area contributed by atoms with Gasteiger partial charge in [-0.2, -0.15) is 5.10 Å². The predicted octanol–water partition coefficient (Wildman–Crippen LogP) is 3.57. The van der Waals surface area contributed by atoms with E-state index >= 15 is 0 Å². The van der Waals surface area contributed by atoms with Crippen molar-refractivity contribution in [2.45, 2.75) is 6.42 Å². The summed E-state index contributed by atoms with van der Waals surface area (Å²) in [5, 5.41) is 7.05. The Kier molecular flexibility index (Phi) is 3.96. The van der Waals surface area contributed by atoms with E-state index < -0.39 is 0 Å². The molecule has 0 aliphatic heterocycles. The smallest absolute Gasteiger partial charge is 0.275 e. The number of aromatic nitrogens is 3. The second-order valence-corrected chi connectivity index (χ2v) is 5.74. The molecule has 0 unspecified atom stereocenters. The van der Waals surface area contributed by atoms with Crippen molar-refractivity contribution in [1.82, 2.24) is 14.6 Å². The van der Waals surface area contributed by atoms with Crippen molar-refractivity contribution in [3.05, 3.63) is 95.9 Å². The SMILES string of the molecule is O=C(Nc1cc(Cc2ccccc2)ccn1)c1cccc2ccnn12. The lowest BCUT2D eigenvalue weighted by Gasteiger charge is -2.08. The molecule has 0 saturated heterocycles. The van der Waals surface area contributed by atoms with Crippen LogP contribution in [0.1, 0.15) is 21.6 Å². The lowest BCUT2D eigenvalue weighted by Crippen LogP contribution is -2.17. The average Bonchev–Trinajstić information content (AvgIpc) is 3.11. The third-order valence-electron chi connectivity index (χ3n) is 3.97. The van der Waals surface area contributed by atoms with E-state index in [0.717, 1.165) is 17.5 Å². The van der Waals surface area contributed by atoms with Gasteiger partial charge in [-0.15, -0.1) is 0 Å². The molecule has 0 aliphatic rings. The normalized spacial score (nSPS) is 10.7. The molecule has 3 heterocycles. The van der Waals surface area contributed by atoms with Crippen LogP contribution < -0.4 is 5.32 Å². The molecule has 5 heteroatoms. The van der Waals surface area contributed by atoms with Crippen molar-refractivity contribution in [3.8, 4) is 0 Å². The highest BCUT2D eigenvalue weighted by Crippen LogP contribution is 2.14. The van der Waals surface area contributed by atoms with Gasteiger partial charge in [0.05, 0.1) is 11.7 Å². The van der Waals surface area contributed by atoms with Gasteiger partial charge in [0.2, 0.25) is 0 Å². The number of carbonyl (C=O) groups is 1. The topological polar surface area (TPSA) is 59.3 Å². The number of carbonyl (C=O) groups excluding carboxylic acids is 1. The molecule has 0 saturated carbocycles. The number of hydrogen-bond acceptors (Lipinski definition) is 3. The van der Waals surface area contributed by atoms with Crippen LogP contribution in [-0.2, 0) is 6.42 Å². The highest BCUT2D eigenvalue weighted by Gasteiger charge is 2.11. The molecule has 0 spiro atoms. The molecule has 5 nitrogen and oxygen atoms in total. The number of anilines is 1. The Morgan fingerprint density at radius 2 is 1.80 bits per heavy atom. The quantitative estimate of drug-likeness (QED) is 0.623. The lowest BCUT2D eigenvalue weighted by molar-refractivity contribution is 0.101. The molecule has 1 N–H and O–H groups in total. The van der Waals surface area contributed by atoms with Gasteiger partial charge in [-0.05, 0) is 47.9 Å². The molecule has 0 aliphatic carbocycles. The van der Waals surface area contributed by atoms with Crippen molar-refractivity contribution in [3.63, 3.8) is 0 Å². The summed E-state index contributed by atoms with van der Waals surface area (Å²) in [6.07, 6.45) is 4.17. The van der Waals surface area contributed by atoms with Crippen molar-refractivity contribution >= 4 is 17.2 Å². The van der Waals surface area contributed by atoms with E-state index in [1.165, 1.54) is 5.56 Å². The molecule has 1 amide bonds. The molecule has 1 aromatic carbocycles. The lowest BCUT2D eigenvalue weighted by atomic mass is 10.1. The van der Waals surface area contributed by atoms with Crippen molar-refractivity contribution < 1.29 is 4.79 Å². The molecule has 4 aromatic rings. The number of nitrogens with one attached hydrogen (secondary N) is 1. The van der Waals surface area contributed by atoms with Gasteiger partial charge in [-0.25, -0.2) is 9.50 Å². The molecular weight excluding hydrogens is 312 g/mol. The standard InChI is InChI=1S/C20H16N4O/c25-20(18-8-4-7-17-10-12-22-24(17)18)23-19-14-16(9-11-21-19)13-15-5-2-1-3-6-15/h1-12,14H,13H2,(H,21,23,25). The van der Waals surface area contributed by atoms with E-state index in [9.17, 15) is 4.79 Å². The second-order valence-electron chi connectivity index (χ2n) is 5.74. The first-order valence-corrected chi connectivity index (χ1v) is 8.02. The highest BCUT2D eigenvalue weighted by molar-refractivity contribution is 6.02. The highest BCUT2D eigenvalue weighted by atomic mass is 16.2. The van der Waals surface area contributed by atoms with Gasteiger partial charge in [-0.1, -0.05) is 36.4 Å². The summed E-state index contributed by atoms with van der Waals surface area (Å²) in [4.78, 5) is 16.8. The summed E-state index contributed by atoms with van der Waals surface area (Å²) >= 11 is 0. The molecule has 0 radical (unpaired) electrons. The van der Waals surface area contributed by atoms with Gasteiger partial charge in [0, 0.05) is 6.20 Å². The Hall–Kier alpha value is -3.47. The summed E-state index contributed by atoms with van der Waals surface area (Å²) in [6.45, 7) is 0. The van der Waals surface area contributed by atoms with Gasteiger partial charge in [0.25, 0.3) is 5.91 Å². The molecule has 0 atom stereocenters. The van der Waals surface area contributed by atoms with Crippen LogP contribution in [0.5, 0.6) is 0 Å². The summed E-state index contributed by atoms with van der Waals surface area (Å²) in [7, 11) is 0. The molecule has 25 heavy (non-hydrogen) atoms. The van der Waals surface area contributed by atoms with Crippen molar-refractivity contribution in [2.75, 3.05) is 5.32 Å². The zero-order valence-corrected chi connectivity index (χ0v) is 13.5. The largest absolute Gasteiger partial charge is 0.305 e. The van der Waals surface area contributed by atoms with Crippen LogP contribution in [0.25, 0.3) is 5.52 Å². The first-order valence-electron chi connectivity index (χ1n) is 8.02. The number of nitrogens with zero attached hydrogens (tertiary/aromatic N) is 3. The van der Waals surface area contributed by atoms with Crippen LogP contribution >= 0.6 is 0 Å². The maximum Gasteiger partial charge on any atom is 0.275 e. The van der Waals surface area contributed by atoms with Crippen LogP contribution in [0.15, 0.2) is 79.1 Å². The molecule has 0 fully saturated rings. The maximum atomic E-state index is 12.6. The minimum atomic E-state index is -0.237. The minimum absolute atomic E-state index is 0.237. The zero-order chi connectivity index (χ0) is 17.1. The summed E-state index contributed by atoms with van der Waals surface area (Å²) in [5.74, 6) is 0.293. The van der Waals surface area contributed by atoms with Gasteiger partial charge < -0.3 is 5.32 Å². The van der Waals surface area contributed by atoms with Crippen LogP contribution in [0.4, 0.5) is 5.82 Å². The van der Waals surface area contributed by atoms with Crippen molar-refractivity contribution in [1.29, 1.82) is 0 Å². The maximum absolute atomic E-state index is 12.6. The Morgan fingerprint density at radius 3 is 2.68 bits per heavy atom. The summed E-state index contributed by atoms with van der Waals surface area (Å²) in [6, 6.07) is 21.4. The zero-order valence-electron chi connectivity index (χ0n) is 13.5. The fraction of sp³-hybridized carbons (Fsp3) is 0.0500. The van der Waals surface area contributed by atoms with Crippen molar-refractivity contribution in [2.24, 2.45) is 0 Å². The Bertz CT molecular complexity index is 1020. The number of amides is 1. The number of rotatable bonds is 4. The first-order chi connectivity index (χ1) is 12.3. The third-order valence-corrected chi connectivity index (χ3v) is 3.97. The monoisotopic (exact) mass is 328 g/mol. The molecule has 122 valence electrons. The molecule has 3 aromatic heterocycles. The minimum Gasteiger partial charge on any atom is -0.305 e. The molecule has 0 bridgehead atoms. The van der Waals surface area contributed by atoms with Crippen LogP contribution in [0.3, 0.4) is 0 Å². The fourth-order valence-corrected chi connectivity index (χ4v) is 2.79. The number of fused-ring (bicyclic) bond motifs is 1. The second kappa shape index (κ2) is 6.57. The van der Waals surface area contributed by atoms with E-state index in [-0.39, 0.29) is 5.91 Å². The molecular formula is C20H16N4O. The van der Waals surface area contributed by atoms with Gasteiger partial charge >= 0.3 is 0 Å². The number of pyridine rings is 2. The Balaban J connectivity index is 1.55. The van der Waals surface area contributed by atoms with Crippen LogP contribution in [0.2, 0.25) is 0 Å². The van der Waals surface area contributed by atoms with Gasteiger partial charge in [0.1, 0.15) is 11.5 Å². The van der Waals surface area contributed by atoms with E-state index in [0.29, 0.717) is 11.5 Å². The third kappa shape index (κ3) is 3.26. The van der Waals surface area contributed by atoms with E-state index in [2.05, 4.69) is 27.5 Å². The predicted molar refractivity (Wildman–Crippen MR) is 96.6 cm³/mol. The summed E-state index contributed by atoms with van der Waals surface area (Å²) < 4.78 is 1.61. The van der Waals surface area contributed by atoms with Crippen LogP contribution in [-0.4, -0.2) is 20.5 Å². The van der Waals surface area contributed by atoms with E-state index in [1.54, 1.807) is 23.0 Å². The number of benzene rings is 1. The first kappa shape index (κ1) is 15.1.